The Morgan fingerprint density at radius 1 is 1.33 bits per heavy atom. The lowest BCUT2D eigenvalue weighted by Gasteiger charge is -2.07. The summed E-state index contributed by atoms with van der Waals surface area (Å²) in [5.74, 6) is 0.116. The van der Waals surface area contributed by atoms with E-state index in [1.54, 1.807) is 36.1 Å². The number of carbonyl (C=O) groups is 1. The molecule has 2 aromatic heterocycles. The van der Waals surface area contributed by atoms with Crippen molar-refractivity contribution in [1.82, 2.24) is 20.0 Å². The molecule has 0 atom stereocenters. The van der Waals surface area contributed by atoms with E-state index in [4.69, 9.17) is 32.4 Å². The van der Waals surface area contributed by atoms with E-state index in [0.717, 1.165) is 0 Å². The highest BCUT2D eigenvalue weighted by molar-refractivity contribution is 6.35. The van der Waals surface area contributed by atoms with Gasteiger partial charge in [-0.2, -0.15) is 5.10 Å². The first-order chi connectivity index (χ1) is 11.5. The van der Waals surface area contributed by atoms with Crippen molar-refractivity contribution in [2.45, 2.75) is 0 Å². The molecule has 1 N–H and O–H groups in total. The van der Waals surface area contributed by atoms with Crippen molar-refractivity contribution >= 4 is 35.1 Å². The molecule has 3 rings (SSSR count). The maximum absolute atomic E-state index is 11.9. The molecule has 0 fully saturated rings. The molecular formula is C14H11Cl2N5O3. The maximum atomic E-state index is 11.9. The van der Waals surface area contributed by atoms with Crippen LogP contribution in [-0.4, -0.2) is 32.5 Å². The second kappa shape index (κ2) is 6.90. The number of carbonyl (C=O) groups excluding carboxylic acids is 1. The molecule has 24 heavy (non-hydrogen) atoms. The lowest BCUT2D eigenvalue weighted by molar-refractivity contribution is -0.118. The Morgan fingerprint density at radius 3 is 2.88 bits per heavy atom. The van der Waals surface area contributed by atoms with Crippen molar-refractivity contribution in [2.24, 2.45) is 7.05 Å². The number of aromatic nitrogens is 4. The first-order valence-corrected chi connectivity index (χ1v) is 7.48. The molecule has 10 heteroatoms. The van der Waals surface area contributed by atoms with Gasteiger partial charge in [0, 0.05) is 18.3 Å². The van der Waals surface area contributed by atoms with E-state index in [1.165, 1.54) is 6.07 Å². The molecule has 0 bridgehead atoms. The van der Waals surface area contributed by atoms with Crippen LogP contribution in [0.5, 0.6) is 5.75 Å². The average Bonchev–Trinajstić information content (AvgIpc) is 3.15. The van der Waals surface area contributed by atoms with Crippen LogP contribution in [0.2, 0.25) is 10.0 Å². The Kier molecular flexibility index (Phi) is 4.68. The Labute approximate surface area is 146 Å². The standard InChI is InChI=1S/C14H11Cl2N5O3/c1-21-10(4-5-17-21)13-19-20-14(24-13)18-12(22)7-23-11-3-2-8(15)6-9(11)16/h2-6H,7H2,1H3,(H,18,20,22). The van der Waals surface area contributed by atoms with E-state index >= 15 is 0 Å². The zero-order chi connectivity index (χ0) is 17.1. The molecule has 0 saturated carbocycles. The maximum Gasteiger partial charge on any atom is 0.322 e. The first kappa shape index (κ1) is 16.3. The van der Waals surface area contributed by atoms with Gasteiger partial charge in [0.15, 0.2) is 6.61 Å². The summed E-state index contributed by atoms with van der Waals surface area (Å²) in [4.78, 5) is 11.9. The van der Waals surface area contributed by atoms with E-state index in [9.17, 15) is 4.79 Å². The summed E-state index contributed by atoms with van der Waals surface area (Å²) in [6.07, 6.45) is 1.60. The van der Waals surface area contributed by atoms with Gasteiger partial charge in [-0.15, -0.1) is 5.10 Å². The number of amides is 1. The third kappa shape index (κ3) is 3.66. The summed E-state index contributed by atoms with van der Waals surface area (Å²) in [5.41, 5.74) is 0.632. The number of nitrogens with one attached hydrogen (secondary N) is 1. The van der Waals surface area contributed by atoms with E-state index < -0.39 is 5.91 Å². The van der Waals surface area contributed by atoms with Crippen LogP contribution in [-0.2, 0) is 11.8 Å². The molecule has 1 amide bonds. The van der Waals surface area contributed by atoms with Gasteiger partial charge in [-0.25, -0.2) is 0 Å². The molecule has 1 aromatic carbocycles. The normalized spacial score (nSPS) is 10.6. The third-order valence-electron chi connectivity index (χ3n) is 2.96. The molecule has 0 aliphatic heterocycles. The molecule has 8 nitrogen and oxygen atoms in total. The predicted octanol–water partition coefficient (Wildman–Crippen LogP) is 2.79. The quantitative estimate of drug-likeness (QED) is 0.744. The summed E-state index contributed by atoms with van der Waals surface area (Å²) in [5, 5.41) is 14.8. The number of anilines is 1. The van der Waals surface area contributed by atoms with Crippen LogP contribution in [0.1, 0.15) is 0 Å². The molecule has 0 saturated heterocycles. The summed E-state index contributed by atoms with van der Waals surface area (Å²) in [6.45, 7) is -0.273. The lowest BCUT2D eigenvalue weighted by Crippen LogP contribution is -2.20. The van der Waals surface area contributed by atoms with Crippen molar-refractivity contribution < 1.29 is 13.9 Å². The monoisotopic (exact) mass is 367 g/mol. The number of hydrogen-bond acceptors (Lipinski definition) is 6. The summed E-state index contributed by atoms with van der Waals surface area (Å²) < 4.78 is 12.2. The van der Waals surface area contributed by atoms with E-state index in [2.05, 4.69) is 20.6 Å². The number of benzene rings is 1. The number of nitrogens with zero attached hydrogens (tertiary/aromatic N) is 4. The van der Waals surface area contributed by atoms with E-state index in [1.807, 2.05) is 0 Å². The van der Waals surface area contributed by atoms with Crippen LogP contribution in [0.3, 0.4) is 0 Å². The van der Waals surface area contributed by atoms with Gasteiger partial charge in [0.05, 0.1) is 5.02 Å². The molecule has 0 aliphatic carbocycles. The molecule has 3 aromatic rings. The number of aryl methyl sites for hydroxylation is 1. The second-order valence-electron chi connectivity index (χ2n) is 4.66. The van der Waals surface area contributed by atoms with Crippen LogP contribution in [0, 0.1) is 0 Å². The molecule has 124 valence electrons. The van der Waals surface area contributed by atoms with Crippen LogP contribution < -0.4 is 10.1 Å². The highest BCUT2D eigenvalue weighted by atomic mass is 35.5. The minimum Gasteiger partial charge on any atom is -0.482 e. The Balaban J connectivity index is 1.59. The molecular weight excluding hydrogens is 357 g/mol. The molecule has 2 heterocycles. The van der Waals surface area contributed by atoms with Gasteiger partial charge in [-0.3, -0.25) is 14.8 Å². The zero-order valence-electron chi connectivity index (χ0n) is 12.4. The Hall–Kier alpha value is -2.58. The third-order valence-corrected chi connectivity index (χ3v) is 3.49. The van der Waals surface area contributed by atoms with Gasteiger partial charge in [0.2, 0.25) is 0 Å². The van der Waals surface area contributed by atoms with Gasteiger partial charge in [0.1, 0.15) is 11.4 Å². The van der Waals surface area contributed by atoms with Crippen LogP contribution >= 0.6 is 23.2 Å². The van der Waals surface area contributed by atoms with Gasteiger partial charge in [0.25, 0.3) is 11.8 Å². The van der Waals surface area contributed by atoms with Crippen molar-refractivity contribution in [3.05, 3.63) is 40.5 Å². The van der Waals surface area contributed by atoms with Gasteiger partial charge in [-0.05, 0) is 24.3 Å². The van der Waals surface area contributed by atoms with E-state index in [-0.39, 0.29) is 18.5 Å². The van der Waals surface area contributed by atoms with Crippen molar-refractivity contribution in [3.63, 3.8) is 0 Å². The fourth-order valence-corrected chi connectivity index (χ4v) is 2.31. The first-order valence-electron chi connectivity index (χ1n) is 6.72. The summed E-state index contributed by atoms with van der Waals surface area (Å²) in [7, 11) is 1.74. The summed E-state index contributed by atoms with van der Waals surface area (Å²) in [6, 6.07) is 6.38. The zero-order valence-corrected chi connectivity index (χ0v) is 13.9. The highest BCUT2D eigenvalue weighted by Crippen LogP contribution is 2.27. The fourth-order valence-electron chi connectivity index (χ4n) is 1.85. The average molecular weight is 368 g/mol. The summed E-state index contributed by atoms with van der Waals surface area (Å²) >= 11 is 11.7. The molecule has 0 unspecified atom stereocenters. The minimum atomic E-state index is -0.471. The Bertz CT molecular complexity index is 877. The van der Waals surface area contributed by atoms with Gasteiger partial charge in [-0.1, -0.05) is 28.3 Å². The van der Waals surface area contributed by atoms with Crippen molar-refractivity contribution in [2.75, 3.05) is 11.9 Å². The van der Waals surface area contributed by atoms with Crippen LogP contribution in [0.25, 0.3) is 11.6 Å². The molecule has 0 aliphatic rings. The highest BCUT2D eigenvalue weighted by Gasteiger charge is 2.14. The smallest absolute Gasteiger partial charge is 0.322 e. The largest absolute Gasteiger partial charge is 0.482 e. The van der Waals surface area contributed by atoms with Crippen molar-refractivity contribution in [1.29, 1.82) is 0 Å². The predicted molar refractivity (Wildman–Crippen MR) is 87.1 cm³/mol. The minimum absolute atomic E-state index is 0.0398. The van der Waals surface area contributed by atoms with Gasteiger partial charge >= 0.3 is 6.01 Å². The number of ether oxygens (including phenoxy) is 1. The van der Waals surface area contributed by atoms with Crippen LogP contribution in [0.15, 0.2) is 34.9 Å². The molecule has 0 radical (unpaired) electrons. The van der Waals surface area contributed by atoms with E-state index in [0.29, 0.717) is 21.5 Å². The molecule has 0 spiro atoms. The van der Waals surface area contributed by atoms with Crippen molar-refractivity contribution in [3.8, 4) is 17.3 Å². The SMILES string of the molecule is Cn1nccc1-c1nnc(NC(=O)COc2ccc(Cl)cc2Cl)o1. The number of hydrogen-bond donors (Lipinski definition) is 1. The fraction of sp³-hybridized carbons (Fsp3) is 0.143. The topological polar surface area (TPSA) is 95.1 Å². The number of halogens is 2. The van der Waals surface area contributed by atoms with Crippen LogP contribution in [0.4, 0.5) is 6.01 Å². The second-order valence-corrected chi connectivity index (χ2v) is 5.51. The van der Waals surface area contributed by atoms with Gasteiger partial charge < -0.3 is 9.15 Å². The Morgan fingerprint density at radius 2 is 2.17 bits per heavy atom. The number of rotatable bonds is 5. The lowest BCUT2D eigenvalue weighted by atomic mass is 10.3.